The highest BCUT2D eigenvalue weighted by molar-refractivity contribution is 6.34. The van der Waals surface area contributed by atoms with Crippen molar-refractivity contribution in [1.29, 1.82) is 0 Å². The number of nitrogens with one attached hydrogen (secondary N) is 2. The molecule has 0 radical (unpaired) electrons. The summed E-state index contributed by atoms with van der Waals surface area (Å²) in [6.07, 6.45) is 5.67. The van der Waals surface area contributed by atoms with Gasteiger partial charge in [0.2, 0.25) is 0 Å². The number of benzene rings is 2. The Kier molecular flexibility index (Phi) is 5.86. The van der Waals surface area contributed by atoms with E-state index >= 15 is 0 Å². The highest BCUT2D eigenvalue weighted by Crippen LogP contribution is 2.31. The Balaban J connectivity index is 1.58. The summed E-state index contributed by atoms with van der Waals surface area (Å²) in [4.78, 5) is 21.9. The molecule has 35 heavy (non-hydrogen) atoms. The van der Waals surface area contributed by atoms with Gasteiger partial charge < -0.3 is 21.5 Å². The SMILES string of the molecule is CC(C)(O)CNc1nc(-c2ccc(N)cc2)cn2c(-c3ccc(C(=O)NC4CC4)c(Cl)c3)cnc12. The number of nitrogens with zero attached hydrogens (tertiary/aromatic N) is 3. The smallest absolute Gasteiger partial charge is 0.253 e. The normalized spacial score (nSPS) is 13.7. The van der Waals surface area contributed by atoms with Gasteiger partial charge in [-0.25, -0.2) is 9.97 Å². The molecule has 0 spiro atoms. The van der Waals surface area contributed by atoms with E-state index in [4.69, 9.17) is 22.3 Å². The first-order valence-corrected chi connectivity index (χ1v) is 11.9. The molecule has 0 aliphatic heterocycles. The van der Waals surface area contributed by atoms with Crippen molar-refractivity contribution in [2.24, 2.45) is 0 Å². The molecule has 0 atom stereocenters. The van der Waals surface area contributed by atoms with Gasteiger partial charge in [0.15, 0.2) is 11.5 Å². The Hall–Kier alpha value is -3.62. The lowest BCUT2D eigenvalue weighted by Crippen LogP contribution is -2.29. The maximum atomic E-state index is 12.5. The zero-order valence-corrected chi connectivity index (χ0v) is 20.3. The molecule has 1 aliphatic carbocycles. The minimum atomic E-state index is -0.935. The van der Waals surface area contributed by atoms with Gasteiger partial charge in [-0.3, -0.25) is 9.20 Å². The number of fused-ring (bicyclic) bond motifs is 1. The second kappa shape index (κ2) is 8.87. The van der Waals surface area contributed by atoms with Gasteiger partial charge in [-0.2, -0.15) is 0 Å². The van der Waals surface area contributed by atoms with Crippen LogP contribution in [0.2, 0.25) is 5.02 Å². The topological polar surface area (TPSA) is 118 Å². The van der Waals surface area contributed by atoms with Crippen LogP contribution in [0.3, 0.4) is 0 Å². The number of amides is 1. The van der Waals surface area contributed by atoms with E-state index in [9.17, 15) is 9.90 Å². The van der Waals surface area contributed by atoms with Crippen molar-refractivity contribution in [3.05, 3.63) is 65.4 Å². The summed E-state index contributed by atoms with van der Waals surface area (Å²) in [5.41, 5.74) is 9.86. The average Bonchev–Trinajstić information content (AvgIpc) is 3.52. The van der Waals surface area contributed by atoms with Crippen molar-refractivity contribution in [2.75, 3.05) is 17.6 Å². The molecule has 2 aromatic carbocycles. The van der Waals surface area contributed by atoms with E-state index in [1.807, 2.05) is 40.9 Å². The molecule has 9 heteroatoms. The fourth-order valence-corrected chi connectivity index (χ4v) is 4.03. The third-order valence-electron chi connectivity index (χ3n) is 5.81. The molecule has 2 aromatic heterocycles. The summed E-state index contributed by atoms with van der Waals surface area (Å²) in [5, 5.41) is 16.8. The molecule has 1 amide bonds. The lowest BCUT2D eigenvalue weighted by atomic mass is 10.1. The number of carbonyl (C=O) groups is 1. The highest BCUT2D eigenvalue weighted by atomic mass is 35.5. The lowest BCUT2D eigenvalue weighted by Gasteiger charge is -2.19. The maximum absolute atomic E-state index is 12.5. The van der Waals surface area contributed by atoms with Crippen LogP contribution in [0.4, 0.5) is 11.5 Å². The molecular formula is C26H27ClN6O2. The molecule has 5 N–H and O–H groups in total. The minimum absolute atomic E-state index is 0.157. The Bertz CT molecular complexity index is 1400. The number of nitrogen functional groups attached to an aromatic ring is 1. The molecule has 0 bridgehead atoms. The fourth-order valence-electron chi connectivity index (χ4n) is 3.76. The van der Waals surface area contributed by atoms with Crippen molar-refractivity contribution < 1.29 is 9.90 Å². The molecule has 0 saturated heterocycles. The standard InChI is InChI=1S/C26H27ClN6O2/c1-26(2,35)14-30-23-24-29-12-22(33(24)13-21(32-23)15-3-6-17(28)7-4-15)16-5-10-19(20(27)11-16)25(34)31-18-8-9-18/h3-7,10-13,18,35H,8-9,14,28H2,1-2H3,(H,30,32)(H,31,34). The quantitative estimate of drug-likeness (QED) is 0.286. The fraction of sp³-hybridized carbons (Fsp3) is 0.269. The van der Waals surface area contributed by atoms with Gasteiger partial charge in [0.1, 0.15) is 0 Å². The molecule has 1 saturated carbocycles. The Morgan fingerprint density at radius 3 is 2.57 bits per heavy atom. The van der Waals surface area contributed by atoms with Crippen LogP contribution in [0.15, 0.2) is 54.9 Å². The Labute approximate surface area is 208 Å². The summed E-state index contributed by atoms with van der Waals surface area (Å²) in [6, 6.07) is 13.1. The number of halogens is 1. The molecule has 2 heterocycles. The number of nitrogens with two attached hydrogens (primary N) is 1. The van der Waals surface area contributed by atoms with Gasteiger partial charge >= 0.3 is 0 Å². The number of hydrogen-bond acceptors (Lipinski definition) is 6. The van der Waals surface area contributed by atoms with E-state index < -0.39 is 5.60 Å². The number of aromatic nitrogens is 3. The van der Waals surface area contributed by atoms with Crippen LogP contribution in [0.25, 0.3) is 28.2 Å². The van der Waals surface area contributed by atoms with E-state index in [0.717, 1.165) is 29.7 Å². The van der Waals surface area contributed by atoms with E-state index in [1.54, 1.807) is 32.2 Å². The van der Waals surface area contributed by atoms with Crippen LogP contribution >= 0.6 is 11.6 Å². The van der Waals surface area contributed by atoms with E-state index in [0.29, 0.717) is 40.0 Å². The molecule has 1 aliphatic rings. The van der Waals surface area contributed by atoms with Gasteiger partial charge in [-0.15, -0.1) is 0 Å². The summed E-state index contributed by atoms with van der Waals surface area (Å²) < 4.78 is 1.93. The Morgan fingerprint density at radius 1 is 1.20 bits per heavy atom. The van der Waals surface area contributed by atoms with Crippen molar-refractivity contribution >= 4 is 34.7 Å². The zero-order valence-electron chi connectivity index (χ0n) is 19.5. The average molecular weight is 491 g/mol. The number of aliphatic hydroxyl groups is 1. The highest BCUT2D eigenvalue weighted by Gasteiger charge is 2.25. The number of carbonyl (C=O) groups excluding carboxylic acids is 1. The van der Waals surface area contributed by atoms with Gasteiger partial charge in [0, 0.05) is 35.6 Å². The molecular weight excluding hydrogens is 464 g/mol. The second-order valence-electron chi connectivity index (χ2n) is 9.54. The van der Waals surface area contributed by atoms with E-state index in [1.165, 1.54) is 0 Å². The van der Waals surface area contributed by atoms with Gasteiger partial charge in [-0.05, 0) is 51.0 Å². The molecule has 0 unspecified atom stereocenters. The van der Waals surface area contributed by atoms with Crippen molar-refractivity contribution in [2.45, 2.75) is 38.3 Å². The van der Waals surface area contributed by atoms with E-state index in [2.05, 4.69) is 15.6 Å². The number of hydrogen-bond donors (Lipinski definition) is 4. The first-order valence-electron chi connectivity index (χ1n) is 11.5. The summed E-state index contributed by atoms with van der Waals surface area (Å²) >= 11 is 6.51. The van der Waals surface area contributed by atoms with Crippen LogP contribution in [0.5, 0.6) is 0 Å². The van der Waals surface area contributed by atoms with Crippen LogP contribution in [0.1, 0.15) is 37.0 Å². The summed E-state index contributed by atoms with van der Waals surface area (Å²) in [6.45, 7) is 3.74. The molecule has 5 rings (SSSR count). The largest absolute Gasteiger partial charge is 0.399 e. The van der Waals surface area contributed by atoms with Gasteiger partial charge in [0.25, 0.3) is 5.91 Å². The number of imidazole rings is 1. The summed E-state index contributed by atoms with van der Waals surface area (Å²) in [7, 11) is 0. The molecule has 180 valence electrons. The lowest BCUT2D eigenvalue weighted by molar-refractivity contribution is 0.0940. The predicted octanol–water partition coefficient (Wildman–Crippen LogP) is 4.37. The first-order chi connectivity index (χ1) is 16.7. The third kappa shape index (κ3) is 5.08. The zero-order chi connectivity index (χ0) is 24.7. The Morgan fingerprint density at radius 2 is 1.91 bits per heavy atom. The third-order valence-corrected chi connectivity index (χ3v) is 6.12. The molecule has 4 aromatic rings. The maximum Gasteiger partial charge on any atom is 0.253 e. The monoisotopic (exact) mass is 490 g/mol. The minimum Gasteiger partial charge on any atom is -0.399 e. The molecule has 8 nitrogen and oxygen atoms in total. The van der Waals surface area contributed by atoms with Crippen molar-refractivity contribution in [3.8, 4) is 22.5 Å². The summed E-state index contributed by atoms with van der Waals surface area (Å²) in [5.74, 6) is 0.384. The van der Waals surface area contributed by atoms with Crippen molar-refractivity contribution in [1.82, 2.24) is 19.7 Å². The molecule has 1 fully saturated rings. The van der Waals surface area contributed by atoms with Crippen LogP contribution in [-0.4, -0.2) is 43.6 Å². The van der Waals surface area contributed by atoms with Gasteiger partial charge in [-0.1, -0.05) is 29.8 Å². The number of rotatable bonds is 7. The van der Waals surface area contributed by atoms with Crippen molar-refractivity contribution in [3.63, 3.8) is 0 Å². The van der Waals surface area contributed by atoms with E-state index in [-0.39, 0.29) is 11.9 Å². The van der Waals surface area contributed by atoms with Crippen LogP contribution in [-0.2, 0) is 0 Å². The van der Waals surface area contributed by atoms with Crippen LogP contribution in [0, 0.1) is 0 Å². The van der Waals surface area contributed by atoms with Gasteiger partial charge in [0.05, 0.1) is 33.8 Å². The number of anilines is 2. The van der Waals surface area contributed by atoms with Crippen LogP contribution < -0.4 is 16.4 Å². The predicted molar refractivity (Wildman–Crippen MR) is 139 cm³/mol. The second-order valence-corrected chi connectivity index (χ2v) is 9.95. The first kappa shape index (κ1) is 23.1.